The average molecular weight is 491 g/mol. The number of primary amides is 1. The summed E-state index contributed by atoms with van der Waals surface area (Å²) >= 11 is 0. The number of carbonyl (C=O) groups is 7. The van der Waals surface area contributed by atoms with Crippen LogP contribution < -0.4 is 27.4 Å². The molecule has 192 valence electrons. The molecule has 0 aromatic heterocycles. The molecule has 0 heterocycles. The molecule has 0 aromatic rings. The maximum Gasteiger partial charge on any atom is 0.326 e. The van der Waals surface area contributed by atoms with Crippen LogP contribution in [-0.2, 0) is 33.6 Å². The lowest BCUT2D eigenvalue weighted by Crippen LogP contribution is -2.57. The number of carboxylic acid groups (broad SMARTS) is 3. The molecular weight excluding hydrogens is 462 g/mol. The zero-order chi connectivity index (χ0) is 26.4. The number of aliphatic hydroxyl groups excluding tert-OH is 1. The van der Waals surface area contributed by atoms with Gasteiger partial charge in [0.25, 0.3) is 0 Å². The maximum absolute atomic E-state index is 12.7. The van der Waals surface area contributed by atoms with Crippen LogP contribution in [0.3, 0.4) is 0 Å². The second kappa shape index (κ2) is 15.1. The summed E-state index contributed by atoms with van der Waals surface area (Å²) in [6.45, 7) is -0.768. The minimum atomic E-state index is -1.62. The van der Waals surface area contributed by atoms with Gasteiger partial charge < -0.3 is 47.8 Å². The van der Waals surface area contributed by atoms with E-state index >= 15 is 0 Å². The van der Waals surface area contributed by atoms with E-state index < -0.39 is 104 Å². The minimum absolute atomic E-state index is 0.381. The van der Waals surface area contributed by atoms with Gasteiger partial charge in [0.15, 0.2) is 0 Å². The number of amides is 4. The first-order chi connectivity index (χ1) is 15.8. The van der Waals surface area contributed by atoms with Crippen LogP contribution >= 0.6 is 0 Å². The molecule has 16 nitrogen and oxygen atoms in total. The number of aliphatic hydroxyl groups is 1. The van der Waals surface area contributed by atoms with Crippen LogP contribution in [0.15, 0.2) is 0 Å². The van der Waals surface area contributed by atoms with Gasteiger partial charge in [-0.15, -0.1) is 0 Å². The summed E-state index contributed by atoms with van der Waals surface area (Å²) < 4.78 is 0. The number of rotatable bonds is 17. The summed E-state index contributed by atoms with van der Waals surface area (Å²) in [7, 11) is 0. The number of carbonyl (C=O) groups excluding carboxylic acids is 4. The van der Waals surface area contributed by atoms with Crippen molar-refractivity contribution in [2.75, 3.05) is 6.61 Å². The van der Waals surface area contributed by atoms with E-state index in [1.165, 1.54) is 0 Å². The van der Waals surface area contributed by atoms with Crippen molar-refractivity contribution in [1.82, 2.24) is 16.0 Å². The normalized spacial score (nSPS) is 14.1. The summed E-state index contributed by atoms with van der Waals surface area (Å²) in [4.78, 5) is 81.3. The van der Waals surface area contributed by atoms with E-state index in [2.05, 4.69) is 16.0 Å². The Balaban J connectivity index is 5.59. The predicted molar refractivity (Wildman–Crippen MR) is 111 cm³/mol. The first-order valence-electron chi connectivity index (χ1n) is 10.0. The molecule has 0 aromatic carbocycles. The van der Waals surface area contributed by atoms with Crippen molar-refractivity contribution in [2.45, 2.75) is 62.7 Å². The van der Waals surface area contributed by atoms with Crippen molar-refractivity contribution < 1.29 is 54.0 Å². The summed E-state index contributed by atoms with van der Waals surface area (Å²) in [5.74, 6) is -8.12. The molecule has 4 amide bonds. The number of hydrogen-bond acceptors (Lipinski definition) is 9. The lowest BCUT2D eigenvalue weighted by molar-refractivity contribution is -0.143. The fraction of sp³-hybridized carbons (Fsp3) is 0.611. The lowest BCUT2D eigenvalue weighted by Gasteiger charge is -2.24. The molecule has 34 heavy (non-hydrogen) atoms. The molecule has 4 atom stereocenters. The number of hydrogen-bond donors (Lipinski definition) is 9. The van der Waals surface area contributed by atoms with E-state index in [4.69, 9.17) is 26.8 Å². The number of aliphatic carboxylic acids is 3. The van der Waals surface area contributed by atoms with Gasteiger partial charge >= 0.3 is 17.9 Å². The molecule has 0 fully saturated rings. The molecule has 0 aliphatic heterocycles. The van der Waals surface area contributed by atoms with Crippen molar-refractivity contribution in [2.24, 2.45) is 11.5 Å². The van der Waals surface area contributed by atoms with E-state index in [-0.39, 0.29) is 6.42 Å². The van der Waals surface area contributed by atoms with Crippen LogP contribution in [-0.4, -0.2) is 92.7 Å². The molecule has 16 heteroatoms. The Morgan fingerprint density at radius 3 is 1.41 bits per heavy atom. The SMILES string of the molecule is NC(=O)CCC(NC(=O)C(CCC(=O)O)NC(=O)C(N)CO)C(=O)NC(CCC(=O)O)C(=O)O. The van der Waals surface area contributed by atoms with Crippen molar-refractivity contribution in [3.05, 3.63) is 0 Å². The van der Waals surface area contributed by atoms with Gasteiger partial charge in [0, 0.05) is 19.3 Å². The molecule has 11 N–H and O–H groups in total. The monoisotopic (exact) mass is 491 g/mol. The van der Waals surface area contributed by atoms with Crippen molar-refractivity contribution in [1.29, 1.82) is 0 Å². The standard InChI is InChI=1S/C18H29N5O11/c19-8(7-24)15(30)21-10(2-5-13(26)27)16(31)22-9(1-4-12(20)25)17(32)23-11(18(33)34)3-6-14(28)29/h8-11,24H,1-7,19H2,(H2,20,25)(H,21,30)(H,22,31)(H,23,32)(H,26,27)(H,28,29)(H,33,34). The van der Waals surface area contributed by atoms with Gasteiger partial charge in [0.1, 0.15) is 24.2 Å². The Morgan fingerprint density at radius 1 is 0.647 bits per heavy atom. The quantitative estimate of drug-likeness (QED) is 0.0936. The molecule has 0 bridgehead atoms. The van der Waals surface area contributed by atoms with Crippen molar-refractivity contribution in [3.63, 3.8) is 0 Å². The molecule has 0 aliphatic rings. The van der Waals surface area contributed by atoms with Crippen LogP contribution in [0.25, 0.3) is 0 Å². The van der Waals surface area contributed by atoms with E-state index in [9.17, 15) is 38.7 Å². The topological polar surface area (TPSA) is 289 Å². The predicted octanol–water partition coefficient (Wildman–Crippen LogP) is -4.16. The molecular formula is C18H29N5O11. The van der Waals surface area contributed by atoms with E-state index in [0.717, 1.165) is 0 Å². The van der Waals surface area contributed by atoms with E-state index in [1.54, 1.807) is 0 Å². The summed E-state index contributed by atoms with van der Waals surface area (Å²) in [6.07, 6.45) is -2.83. The van der Waals surface area contributed by atoms with Gasteiger partial charge in [-0.2, -0.15) is 0 Å². The zero-order valence-electron chi connectivity index (χ0n) is 18.1. The van der Waals surface area contributed by atoms with Gasteiger partial charge in [0.05, 0.1) is 6.61 Å². The third-order valence-corrected chi connectivity index (χ3v) is 4.39. The average Bonchev–Trinajstić information content (AvgIpc) is 2.74. The fourth-order valence-corrected chi connectivity index (χ4v) is 2.52. The van der Waals surface area contributed by atoms with Crippen LogP contribution in [0.4, 0.5) is 0 Å². The van der Waals surface area contributed by atoms with Gasteiger partial charge in [-0.1, -0.05) is 0 Å². The summed E-state index contributed by atoms with van der Waals surface area (Å²) in [5, 5.41) is 42.1. The Morgan fingerprint density at radius 2 is 1.03 bits per heavy atom. The van der Waals surface area contributed by atoms with E-state index in [1.807, 2.05) is 0 Å². The number of carboxylic acids is 3. The van der Waals surface area contributed by atoms with Crippen LogP contribution in [0.1, 0.15) is 38.5 Å². The van der Waals surface area contributed by atoms with Crippen molar-refractivity contribution in [3.8, 4) is 0 Å². The third-order valence-electron chi connectivity index (χ3n) is 4.39. The first kappa shape index (κ1) is 30.2. The fourth-order valence-electron chi connectivity index (χ4n) is 2.52. The highest BCUT2D eigenvalue weighted by atomic mass is 16.4. The molecule has 0 radical (unpaired) electrons. The molecule has 0 saturated carbocycles. The second-order valence-electron chi connectivity index (χ2n) is 7.18. The Bertz CT molecular complexity index is 788. The smallest absolute Gasteiger partial charge is 0.326 e. The second-order valence-corrected chi connectivity index (χ2v) is 7.18. The molecule has 4 unspecified atom stereocenters. The van der Waals surface area contributed by atoms with Gasteiger partial charge in [0.2, 0.25) is 23.6 Å². The summed E-state index contributed by atoms with van der Waals surface area (Å²) in [5.41, 5.74) is 10.4. The highest BCUT2D eigenvalue weighted by Crippen LogP contribution is 2.05. The van der Waals surface area contributed by atoms with Gasteiger partial charge in [-0.05, 0) is 19.3 Å². The highest BCUT2D eigenvalue weighted by Gasteiger charge is 2.30. The third kappa shape index (κ3) is 12.3. The molecule has 0 aliphatic carbocycles. The van der Waals surface area contributed by atoms with Crippen LogP contribution in [0.5, 0.6) is 0 Å². The largest absolute Gasteiger partial charge is 0.481 e. The van der Waals surface area contributed by atoms with Crippen molar-refractivity contribution >= 4 is 41.5 Å². The minimum Gasteiger partial charge on any atom is -0.481 e. The van der Waals surface area contributed by atoms with E-state index in [0.29, 0.717) is 0 Å². The van der Waals surface area contributed by atoms with Gasteiger partial charge in [-0.25, -0.2) is 4.79 Å². The highest BCUT2D eigenvalue weighted by molar-refractivity contribution is 5.94. The van der Waals surface area contributed by atoms with Crippen LogP contribution in [0, 0.1) is 0 Å². The molecule has 0 spiro atoms. The Labute approximate surface area is 193 Å². The number of nitrogens with two attached hydrogens (primary N) is 2. The molecule has 0 saturated heterocycles. The summed E-state index contributed by atoms with van der Waals surface area (Å²) in [6, 6.07) is -6.09. The Kier molecular flexibility index (Phi) is 13.4. The zero-order valence-corrected chi connectivity index (χ0v) is 18.1. The molecule has 0 rings (SSSR count). The Hall–Kier alpha value is -3.79. The first-order valence-corrected chi connectivity index (χ1v) is 10.0. The van der Waals surface area contributed by atoms with Gasteiger partial charge in [-0.3, -0.25) is 28.8 Å². The van der Waals surface area contributed by atoms with Crippen LogP contribution in [0.2, 0.25) is 0 Å². The number of nitrogens with one attached hydrogen (secondary N) is 3. The maximum atomic E-state index is 12.7. The lowest BCUT2D eigenvalue weighted by atomic mass is 10.1.